The zero-order valence-corrected chi connectivity index (χ0v) is 23.4. The average molecular weight is 546 g/mol. The molecule has 9 nitrogen and oxygen atoms in total. The van der Waals surface area contributed by atoms with Crippen molar-refractivity contribution in [1.82, 2.24) is 4.90 Å². The summed E-state index contributed by atoms with van der Waals surface area (Å²) >= 11 is 0. The summed E-state index contributed by atoms with van der Waals surface area (Å²) in [5.41, 5.74) is 1.97. The van der Waals surface area contributed by atoms with Crippen molar-refractivity contribution < 1.29 is 37.7 Å². The Labute approximate surface area is 223 Å². The summed E-state index contributed by atoms with van der Waals surface area (Å²) in [6.07, 6.45) is 3.91. The Balaban J connectivity index is 1.78. The van der Waals surface area contributed by atoms with Crippen LogP contribution in [0.5, 0.6) is 17.2 Å². The van der Waals surface area contributed by atoms with E-state index in [1.54, 1.807) is 12.1 Å². The summed E-state index contributed by atoms with van der Waals surface area (Å²) in [5.74, 6) is -1.88. The lowest BCUT2D eigenvalue weighted by atomic mass is 9.93. The summed E-state index contributed by atoms with van der Waals surface area (Å²) in [6.45, 7) is 11.0. The average Bonchev–Trinajstić information content (AvgIpc) is 3.20. The SMILES string of the molecule is CC(C)(C)Oc1cc(CCC(C)(C)N2Cc3cc(OC(=O)/C=C/C(=O)O)c(S(C)(=O)=O)cc3C2)ccc1O. The van der Waals surface area contributed by atoms with Crippen LogP contribution in [-0.4, -0.2) is 52.9 Å². The van der Waals surface area contributed by atoms with Crippen molar-refractivity contribution in [2.75, 3.05) is 6.26 Å². The number of aryl methyl sites for hydroxylation is 1. The molecular weight excluding hydrogens is 510 g/mol. The van der Waals surface area contributed by atoms with Gasteiger partial charge >= 0.3 is 11.9 Å². The first-order chi connectivity index (χ1) is 17.4. The number of carboxylic acid groups (broad SMARTS) is 1. The number of benzene rings is 2. The number of ether oxygens (including phenoxy) is 2. The molecule has 0 unspecified atom stereocenters. The molecule has 0 aliphatic carbocycles. The van der Waals surface area contributed by atoms with Gasteiger partial charge in [-0.15, -0.1) is 0 Å². The fraction of sp³-hybridized carbons (Fsp3) is 0.429. The van der Waals surface area contributed by atoms with Crippen LogP contribution in [0.4, 0.5) is 0 Å². The molecule has 2 aromatic carbocycles. The van der Waals surface area contributed by atoms with E-state index in [4.69, 9.17) is 14.6 Å². The van der Waals surface area contributed by atoms with Crippen LogP contribution in [0.25, 0.3) is 0 Å². The van der Waals surface area contributed by atoms with Gasteiger partial charge in [-0.25, -0.2) is 18.0 Å². The Kier molecular flexibility index (Phi) is 8.28. The van der Waals surface area contributed by atoms with Crippen LogP contribution in [0.15, 0.2) is 47.4 Å². The van der Waals surface area contributed by atoms with Crippen LogP contribution in [-0.2, 0) is 38.9 Å². The van der Waals surface area contributed by atoms with Gasteiger partial charge in [-0.2, -0.15) is 0 Å². The highest BCUT2D eigenvalue weighted by Crippen LogP contribution is 2.38. The van der Waals surface area contributed by atoms with E-state index in [1.807, 2.05) is 32.9 Å². The maximum Gasteiger partial charge on any atom is 0.336 e. The smallest absolute Gasteiger partial charge is 0.336 e. The minimum Gasteiger partial charge on any atom is -0.504 e. The molecule has 0 aromatic heterocycles. The quantitative estimate of drug-likeness (QED) is 0.270. The lowest BCUT2D eigenvalue weighted by Gasteiger charge is -2.35. The number of carbonyl (C=O) groups excluding carboxylic acids is 1. The zero-order valence-electron chi connectivity index (χ0n) is 22.6. The molecule has 1 heterocycles. The second-order valence-electron chi connectivity index (χ2n) is 11.1. The molecule has 0 amide bonds. The first-order valence-electron chi connectivity index (χ1n) is 12.2. The van der Waals surface area contributed by atoms with Crippen LogP contribution in [0.2, 0.25) is 0 Å². The van der Waals surface area contributed by atoms with E-state index in [1.165, 1.54) is 6.07 Å². The number of rotatable bonds is 9. The molecule has 0 spiro atoms. The van der Waals surface area contributed by atoms with Gasteiger partial charge in [0.1, 0.15) is 16.2 Å². The van der Waals surface area contributed by atoms with Crippen molar-refractivity contribution in [2.24, 2.45) is 0 Å². The number of esters is 1. The highest BCUT2D eigenvalue weighted by molar-refractivity contribution is 7.90. The van der Waals surface area contributed by atoms with Gasteiger partial charge in [-0.3, -0.25) is 4.90 Å². The molecule has 3 rings (SSSR count). The number of carbonyl (C=O) groups is 2. The maximum absolute atomic E-state index is 12.4. The van der Waals surface area contributed by atoms with Gasteiger partial charge in [0.05, 0.1) is 0 Å². The van der Waals surface area contributed by atoms with Crippen LogP contribution in [0.3, 0.4) is 0 Å². The van der Waals surface area contributed by atoms with Crippen molar-refractivity contribution in [3.63, 3.8) is 0 Å². The minimum absolute atomic E-state index is 0.0922. The van der Waals surface area contributed by atoms with E-state index in [0.29, 0.717) is 24.9 Å². The first kappa shape index (κ1) is 29.2. The summed E-state index contributed by atoms with van der Waals surface area (Å²) in [4.78, 5) is 24.8. The molecule has 0 saturated heterocycles. The van der Waals surface area contributed by atoms with Crippen LogP contribution in [0.1, 0.15) is 57.7 Å². The number of aromatic hydroxyl groups is 1. The maximum atomic E-state index is 12.4. The van der Waals surface area contributed by atoms with E-state index < -0.39 is 27.4 Å². The number of hydrogen-bond acceptors (Lipinski definition) is 8. The van der Waals surface area contributed by atoms with Gasteiger partial charge in [-0.1, -0.05) is 6.07 Å². The van der Waals surface area contributed by atoms with Crippen LogP contribution >= 0.6 is 0 Å². The normalized spacial score (nSPS) is 14.5. The molecule has 0 fully saturated rings. The molecule has 38 heavy (non-hydrogen) atoms. The molecule has 0 saturated carbocycles. The summed E-state index contributed by atoms with van der Waals surface area (Å²) in [6, 6.07) is 8.44. The number of sulfone groups is 1. The van der Waals surface area contributed by atoms with Gasteiger partial charge in [0.15, 0.2) is 21.3 Å². The van der Waals surface area contributed by atoms with Crippen molar-refractivity contribution >= 4 is 21.8 Å². The predicted octanol–water partition coefficient (Wildman–Crippen LogP) is 4.25. The van der Waals surface area contributed by atoms with Gasteiger partial charge in [-0.05, 0) is 88.4 Å². The molecule has 0 radical (unpaired) electrons. The molecule has 10 heteroatoms. The standard InChI is InChI=1S/C28H35NO8S/c1-27(2,3)37-22-13-18(7-8-21(22)30)11-12-28(4,5)29-16-19-14-23(36-26(33)10-9-25(31)32)24(38(6,34)35)15-20(19)17-29/h7-10,13-15,30H,11-12,16-17H2,1-6H3,(H,31,32)/b10-9+. The third kappa shape index (κ3) is 7.58. The van der Waals surface area contributed by atoms with Crippen molar-refractivity contribution in [3.05, 3.63) is 59.2 Å². The number of fused-ring (bicyclic) bond motifs is 1. The number of aliphatic carboxylic acids is 1. The van der Waals surface area contributed by atoms with Gasteiger partial charge < -0.3 is 19.7 Å². The van der Waals surface area contributed by atoms with E-state index >= 15 is 0 Å². The molecule has 0 atom stereocenters. The lowest BCUT2D eigenvalue weighted by molar-refractivity contribution is -0.133. The predicted molar refractivity (Wildman–Crippen MR) is 142 cm³/mol. The third-order valence-corrected chi connectivity index (χ3v) is 7.40. The number of phenols is 1. The highest BCUT2D eigenvalue weighted by Gasteiger charge is 2.33. The summed E-state index contributed by atoms with van der Waals surface area (Å²) in [5, 5.41) is 18.9. The number of carboxylic acids is 1. The second kappa shape index (κ2) is 10.8. The first-order valence-corrected chi connectivity index (χ1v) is 14.1. The Hall–Kier alpha value is -3.37. The molecule has 2 N–H and O–H groups in total. The Morgan fingerprint density at radius 2 is 1.63 bits per heavy atom. The van der Waals surface area contributed by atoms with Crippen molar-refractivity contribution in [1.29, 1.82) is 0 Å². The van der Waals surface area contributed by atoms with E-state index in [9.17, 15) is 23.1 Å². The fourth-order valence-electron chi connectivity index (χ4n) is 4.22. The van der Waals surface area contributed by atoms with Crippen molar-refractivity contribution in [2.45, 2.75) is 76.6 Å². The highest BCUT2D eigenvalue weighted by atomic mass is 32.2. The Bertz CT molecular complexity index is 1370. The summed E-state index contributed by atoms with van der Waals surface area (Å²) in [7, 11) is -3.72. The molecule has 206 valence electrons. The van der Waals surface area contributed by atoms with Gasteiger partial charge in [0, 0.05) is 37.0 Å². The lowest BCUT2D eigenvalue weighted by Crippen LogP contribution is -2.40. The molecule has 0 bridgehead atoms. The third-order valence-electron chi connectivity index (χ3n) is 6.28. The molecule has 2 aromatic rings. The molecule has 1 aliphatic heterocycles. The van der Waals surface area contributed by atoms with Crippen LogP contribution < -0.4 is 9.47 Å². The van der Waals surface area contributed by atoms with E-state index in [0.717, 1.165) is 41.9 Å². The Morgan fingerprint density at radius 1 is 1.00 bits per heavy atom. The number of nitrogens with zero attached hydrogens (tertiary/aromatic N) is 1. The number of phenolic OH excluding ortho intramolecular Hbond substituents is 1. The van der Waals surface area contributed by atoms with E-state index in [-0.39, 0.29) is 21.9 Å². The largest absolute Gasteiger partial charge is 0.504 e. The topological polar surface area (TPSA) is 130 Å². The monoisotopic (exact) mass is 545 g/mol. The second-order valence-corrected chi connectivity index (χ2v) is 13.1. The van der Waals surface area contributed by atoms with Crippen LogP contribution in [0, 0.1) is 0 Å². The molecule has 1 aliphatic rings. The summed E-state index contributed by atoms with van der Waals surface area (Å²) < 4.78 is 35.9. The van der Waals surface area contributed by atoms with Gasteiger partial charge in [0.2, 0.25) is 0 Å². The molecular formula is C28H35NO8S. The zero-order chi connectivity index (χ0) is 28.5. The minimum atomic E-state index is -3.72. The van der Waals surface area contributed by atoms with Gasteiger partial charge in [0.25, 0.3) is 0 Å². The number of hydrogen-bond donors (Lipinski definition) is 2. The Morgan fingerprint density at radius 3 is 2.21 bits per heavy atom. The van der Waals surface area contributed by atoms with E-state index in [2.05, 4.69) is 18.7 Å². The van der Waals surface area contributed by atoms with Crippen molar-refractivity contribution in [3.8, 4) is 17.2 Å². The fourth-order valence-corrected chi connectivity index (χ4v) is 5.04.